The van der Waals surface area contributed by atoms with E-state index in [0.29, 0.717) is 18.1 Å². The summed E-state index contributed by atoms with van der Waals surface area (Å²) in [7, 11) is 0. The van der Waals surface area contributed by atoms with Gasteiger partial charge < -0.3 is 10.5 Å². The van der Waals surface area contributed by atoms with Gasteiger partial charge in [-0.25, -0.2) is 4.68 Å². The molecular weight excluding hydrogens is 298 g/mol. The van der Waals surface area contributed by atoms with E-state index in [1.54, 1.807) is 0 Å². The summed E-state index contributed by atoms with van der Waals surface area (Å²) in [4.78, 5) is 0. The molecule has 1 saturated heterocycles. The minimum atomic E-state index is 0.198. The fourth-order valence-corrected chi connectivity index (χ4v) is 2.47. The van der Waals surface area contributed by atoms with Crippen LogP contribution < -0.4 is 5.73 Å². The minimum absolute atomic E-state index is 0.198. The zero-order valence-electron chi connectivity index (χ0n) is 9.58. The van der Waals surface area contributed by atoms with Crippen molar-refractivity contribution in [1.29, 1.82) is 0 Å². The van der Waals surface area contributed by atoms with Gasteiger partial charge >= 0.3 is 0 Å². The molecule has 1 atom stereocenters. The van der Waals surface area contributed by atoms with Crippen LogP contribution in [0.25, 0.3) is 11.4 Å². The lowest BCUT2D eigenvalue weighted by atomic mass is 10.1. The Morgan fingerprint density at radius 2 is 2.33 bits per heavy atom. The number of nitrogens with zero attached hydrogens (tertiary/aromatic N) is 4. The van der Waals surface area contributed by atoms with Crippen molar-refractivity contribution in [2.45, 2.75) is 12.5 Å². The van der Waals surface area contributed by atoms with Crippen molar-refractivity contribution in [2.75, 3.05) is 18.9 Å². The topological polar surface area (TPSA) is 78.9 Å². The van der Waals surface area contributed by atoms with E-state index >= 15 is 0 Å². The zero-order chi connectivity index (χ0) is 12.5. The predicted octanol–water partition coefficient (Wildman–Crippen LogP) is 1.65. The van der Waals surface area contributed by atoms with Crippen LogP contribution in [0, 0.1) is 0 Å². The number of halogens is 1. The summed E-state index contributed by atoms with van der Waals surface area (Å²) in [5, 5.41) is 11.9. The Morgan fingerprint density at radius 3 is 3.11 bits per heavy atom. The first-order valence-corrected chi connectivity index (χ1v) is 6.46. The van der Waals surface area contributed by atoms with Crippen molar-refractivity contribution in [1.82, 2.24) is 20.2 Å². The van der Waals surface area contributed by atoms with Gasteiger partial charge in [0, 0.05) is 22.3 Å². The SMILES string of the molecule is Nc1ccc(Br)c(-c2nnnn2C2CCOC2)c1. The Morgan fingerprint density at radius 1 is 1.44 bits per heavy atom. The van der Waals surface area contributed by atoms with Crippen molar-refractivity contribution in [2.24, 2.45) is 0 Å². The molecule has 0 radical (unpaired) electrons. The monoisotopic (exact) mass is 309 g/mol. The van der Waals surface area contributed by atoms with Gasteiger partial charge in [0.2, 0.25) is 0 Å². The van der Waals surface area contributed by atoms with Gasteiger partial charge in [-0.3, -0.25) is 0 Å². The highest BCUT2D eigenvalue weighted by Gasteiger charge is 2.23. The molecule has 1 aliphatic heterocycles. The van der Waals surface area contributed by atoms with Crippen LogP contribution in [0.15, 0.2) is 22.7 Å². The number of nitrogen functional groups attached to an aromatic ring is 1. The first-order chi connectivity index (χ1) is 8.75. The van der Waals surface area contributed by atoms with Gasteiger partial charge in [-0.05, 0) is 35.0 Å². The summed E-state index contributed by atoms with van der Waals surface area (Å²) < 4.78 is 8.11. The average Bonchev–Trinajstić information content (AvgIpc) is 3.00. The van der Waals surface area contributed by atoms with Gasteiger partial charge in [-0.2, -0.15) is 0 Å². The lowest BCUT2D eigenvalue weighted by molar-refractivity contribution is 0.184. The van der Waals surface area contributed by atoms with Gasteiger partial charge in [0.1, 0.15) is 0 Å². The number of rotatable bonds is 2. The third-order valence-corrected chi connectivity index (χ3v) is 3.67. The smallest absolute Gasteiger partial charge is 0.183 e. The van der Waals surface area contributed by atoms with E-state index in [-0.39, 0.29) is 6.04 Å². The summed E-state index contributed by atoms with van der Waals surface area (Å²) in [6.45, 7) is 1.40. The Bertz CT molecular complexity index is 564. The highest BCUT2D eigenvalue weighted by atomic mass is 79.9. The Labute approximate surface area is 112 Å². The highest BCUT2D eigenvalue weighted by Crippen LogP contribution is 2.31. The second kappa shape index (κ2) is 4.66. The standard InChI is InChI=1S/C11H12BrN5O/c12-10-2-1-7(13)5-9(10)11-14-15-16-17(11)8-3-4-18-6-8/h1-2,5,8H,3-4,6,13H2. The molecule has 2 aromatic rings. The molecule has 0 bridgehead atoms. The van der Waals surface area contributed by atoms with Crippen LogP contribution in [-0.2, 0) is 4.74 Å². The van der Waals surface area contributed by atoms with E-state index in [2.05, 4.69) is 31.5 Å². The van der Waals surface area contributed by atoms with Crippen molar-refractivity contribution < 1.29 is 4.74 Å². The van der Waals surface area contributed by atoms with Gasteiger partial charge in [-0.15, -0.1) is 5.10 Å². The maximum Gasteiger partial charge on any atom is 0.183 e. The van der Waals surface area contributed by atoms with Crippen LogP contribution in [0.1, 0.15) is 12.5 Å². The summed E-state index contributed by atoms with van der Waals surface area (Å²) >= 11 is 3.50. The third kappa shape index (κ3) is 1.99. The van der Waals surface area contributed by atoms with E-state index in [0.717, 1.165) is 23.1 Å². The number of tetrazole rings is 1. The van der Waals surface area contributed by atoms with Crippen LogP contribution in [0.4, 0.5) is 5.69 Å². The molecular formula is C11H12BrN5O. The summed E-state index contributed by atoms with van der Waals surface area (Å²) in [6, 6.07) is 5.79. The maximum atomic E-state index is 5.81. The number of hydrogen-bond donors (Lipinski definition) is 1. The average molecular weight is 310 g/mol. The fraction of sp³-hybridized carbons (Fsp3) is 0.364. The fourth-order valence-electron chi connectivity index (χ4n) is 2.05. The third-order valence-electron chi connectivity index (χ3n) is 2.98. The van der Waals surface area contributed by atoms with E-state index in [1.165, 1.54) is 0 Å². The van der Waals surface area contributed by atoms with Gasteiger partial charge in [0.05, 0.1) is 12.6 Å². The number of benzene rings is 1. The van der Waals surface area contributed by atoms with Crippen LogP contribution in [0.3, 0.4) is 0 Å². The first-order valence-electron chi connectivity index (χ1n) is 5.66. The number of anilines is 1. The van der Waals surface area contributed by atoms with Crippen LogP contribution >= 0.6 is 15.9 Å². The van der Waals surface area contributed by atoms with Crippen molar-refractivity contribution in [3.05, 3.63) is 22.7 Å². The Balaban J connectivity index is 2.06. The van der Waals surface area contributed by atoms with E-state index in [4.69, 9.17) is 10.5 Å². The Hall–Kier alpha value is -1.47. The molecule has 1 aromatic heterocycles. The van der Waals surface area contributed by atoms with E-state index in [1.807, 2.05) is 22.9 Å². The van der Waals surface area contributed by atoms with Crippen molar-refractivity contribution in [3.8, 4) is 11.4 Å². The molecule has 0 amide bonds. The summed E-state index contributed by atoms with van der Waals surface area (Å²) in [5.74, 6) is 0.713. The molecule has 0 spiro atoms. The molecule has 2 N–H and O–H groups in total. The second-order valence-corrected chi connectivity index (χ2v) is 5.06. The van der Waals surface area contributed by atoms with Crippen molar-refractivity contribution >= 4 is 21.6 Å². The molecule has 0 saturated carbocycles. The van der Waals surface area contributed by atoms with Gasteiger partial charge in [0.25, 0.3) is 0 Å². The first kappa shape index (κ1) is 11.6. The molecule has 18 heavy (non-hydrogen) atoms. The second-order valence-electron chi connectivity index (χ2n) is 4.20. The van der Waals surface area contributed by atoms with E-state index < -0.39 is 0 Å². The molecule has 1 aliphatic rings. The number of hydrogen-bond acceptors (Lipinski definition) is 5. The summed E-state index contributed by atoms with van der Waals surface area (Å²) in [5.41, 5.74) is 7.39. The van der Waals surface area contributed by atoms with E-state index in [9.17, 15) is 0 Å². The van der Waals surface area contributed by atoms with Crippen LogP contribution in [0.5, 0.6) is 0 Å². The molecule has 1 aromatic carbocycles. The van der Waals surface area contributed by atoms with Crippen molar-refractivity contribution in [3.63, 3.8) is 0 Å². The van der Waals surface area contributed by atoms with Crippen LogP contribution in [-0.4, -0.2) is 33.4 Å². The molecule has 1 unspecified atom stereocenters. The normalized spacial score (nSPS) is 19.3. The number of aromatic nitrogens is 4. The molecule has 0 aliphatic carbocycles. The molecule has 6 nitrogen and oxygen atoms in total. The molecule has 2 heterocycles. The van der Waals surface area contributed by atoms with Gasteiger partial charge in [-0.1, -0.05) is 15.9 Å². The van der Waals surface area contributed by atoms with Crippen LogP contribution in [0.2, 0.25) is 0 Å². The minimum Gasteiger partial charge on any atom is -0.399 e. The predicted molar refractivity (Wildman–Crippen MR) is 69.8 cm³/mol. The highest BCUT2D eigenvalue weighted by molar-refractivity contribution is 9.10. The lowest BCUT2D eigenvalue weighted by Gasteiger charge is -2.11. The largest absolute Gasteiger partial charge is 0.399 e. The Kier molecular flexibility index (Phi) is 3.00. The quantitative estimate of drug-likeness (QED) is 0.853. The molecule has 94 valence electrons. The summed E-state index contributed by atoms with van der Waals surface area (Å²) in [6.07, 6.45) is 0.929. The number of ether oxygens (including phenoxy) is 1. The molecule has 7 heteroatoms. The van der Waals surface area contributed by atoms with Gasteiger partial charge in [0.15, 0.2) is 5.82 Å². The molecule has 1 fully saturated rings. The lowest BCUT2D eigenvalue weighted by Crippen LogP contribution is -2.12. The molecule has 3 rings (SSSR count). The maximum absolute atomic E-state index is 5.81. The number of nitrogens with two attached hydrogens (primary N) is 1. The zero-order valence-corrected chi connectivity index (χ0v) is 11.2.